The van der Waals surface area contributed by atoms with Gasteiger partial charge in [0.05, 0.1) is 5.60 Å². The third-order valence-corrected chi connectivity index (χ3v) is 6.05. The van der Waals surface area contributed by atoms with Crippen molar-refractivity contribution in [3.05, 3.63) is 35.6 Å². The molecule has 1 aromatic carbocycles. The first kappa shape index (κ1) is 18.8. The van der Waals surface area contributed by atoms with Crippen LogP contribution in [0.5, 0.6) is 0 Å². The number of nitrogens with zero attached hydrogens (tertiary/aromatic N) is 1. The molecule has 134 valence electrons. The van der Waals surface area contributed by atoms with E-state index in [4.69, 9.17) is 0 Å². The second kappa shape index (κ2) is 6.78. The lowest BCUT2D eigenvalue weighted by Crippen LogP contribution is -2.58. The summed E-state index contributed by atoms with van der Waals surface area (Å²) in [5.74, 6) is -0.874. The minimum absolute atomic E-state index is 0.228. The molecular weight excluding hydrogens is 335 g/mol. The number of halogens is 1. The topological polar surface area (TPSA) is 86.7 Å². The van der Waals surface area contributed by atoms with E-state index in [1.165, 1.54) is 38.1 Å². The zero-order valence-electron chi connectivity index (χ0n) is 14.0. The Morgan fingerprint density at radius 2 is 2.08 bits per heavy atom. The highest BCUT2D eigenvalue weighted by atomic mass is 32.2. The minimum Gasteiger partial charge on any atom is -0.389 e. The van der Waals surface area contributed by atoms with Crippen LogP contribution in [0.1, 0.15) is 25.3 Å². The van der Waals surface area contributed by atoms with Crippen LogP contribution >= 0.6 is 0 Å². The van der Waals surface area contributed by atoms with Gasteiger partial charge in [-0.15, -0.1) is 0 Å². The van der Waals surface area contributed by atoms with Crippen molar-refractivity contribution in [2.45, 2.75) is 43.1 Å². The number of amides is 1. The van der Waals surface area contributed by atoms with Gasteiger partial charge in [0.25, 0.3) is 0 Å². The Hall–Kier alpha value is -1.51. The fourth-order valence-electron chi connectivity index (χ4n) is 2.94. The van der Waals surface area contributed by atoms with Crippen molar-refractivity contribution in [2.75, 3.05) is 14.1 Å². The summed E-state index contributed by atoms with van der Waals surface area (Å²) in [5, 5.41) is 9.23. The summed E-state index contributed by atoms with van der Waals surface area (Å²) in [4.78, 5) is 13.0. The van der Waals surface area contributed by atoms with Crippen LogP contribution in [0.15, 0.2) is 24.3 Å². The smallest absolute Gasteiger partial charge is 0.241 e. The maximum Gasteiger partial charge on any atom is 0.241 e. The Morgan fingerprint density at radius 3 is 2.62 bits per heavy atom. The molecule has 0 heterocycles. The second-order valence-corrected chi connectivity index (χ2v) is 8.71. The van der Waals surface area contributed by atoms with E-state index in [-0.39, 0.29) is 25.1 Å². The van der Waals surface area contributed by atoms with Crippen LogP contribution in [0.2, 0.25) is 0 Å². The first-order valence-corrected chi connectivity index (χ1v) is 9.26. The number of hydrogen-bond acceptors (Lipinski definition) is 4. The van der Waals surface area contributed by atoms with Crippen molar-refractivity contribution in [1.82, 2.24) is 9.62 Å². The number of sulfonamides is 1. The molecule has 1 aromatic rings. The zero-order chi connectivity index (χ0) is 18.1. The Bertz CT molecular complexity index is 715. The Kier molecular flexibility index (Phi) is 5.31. The Labute approximate surface area is 141 Å². The SMILES string of the molecule is CC(C(=O)N(C)C)S(=O)(=O)NC1CC(O)(Cc2cccc(F)c2)C1. The highest BCUT2D eigenvalue weighted by molar-refractivity contribution is 7.90. The van der Waals surface area contributed by atoms with E-state index in [2.05, 4.69) is 4.72 Å². The van der Waals surface area contributed by atoms with Gasteiger partial charge in [-0.05, 0) is 37.5 Å². The van der Waals surface area contributed by atoms with Gasteiger partial charge in [0.2, 0.25) is 15.9 Å². The van der Waals surface area contributed by atoms with Crippen molar-refractivity contribution < 1.29 is 22.7 Å². The maximum atomic E-state index is 13.2. The van der Waals surface area contributed by atoms with Gasteiger partial charge in [0.1, 0.15) is 5.82 Å². The number of benzene rings is 1. The number of nitrogens with one attached hydrogen (secondary N) is 1. The molecule has 0 radical (unpaired) electrons. The Morgan fingerprint density at radius 1 is 1.46 bits per heavy atom. The minimum atomic E-state index is -3.81. The van der Waals surface area contributed by atoms with Crippen molar-refractivity contribution >= 4 is 15.9 Å². The van der Waals surface area contributed by atoms with E-state index in [0.717, 1.165) is 0 Å². The van der Waals surface area contributed by atoms with Crippen LogP contribution in [0.4, 0.5) is 4.39 Å². The van der Waals surface area contributed by atoms with Crippen molar-refractivity contribution in [3.63, 3.8) is 0 Å². The highest BCUT2D eigenvalue weighted by Crippen LogP contribution is 2.36. The van der Waals surface area contributed by atoms with Gasteiger partial charge < -0.3 is 10.0 Å². The molecule has 1 aliphatic carbocycles. The standard InChI is InChI=1S/C16H23FN2O4S/c1-11(15(20)19(2)3)24(22,23)18-14-9-16(21,10-14)8-12-5-4-6-13(17)7-12/h4-7,11,14,18,21H,8-10H2,1-3H3. The fraction of sp³-hybridized carbons (Fsp3) is 0.562. The first-order valence-electron chi connectivity index (χ1n) is 7.71. The van der Waals surface area contributed by atoms with E-state index in [0.29, 0.717) is 5.56 Å². The molecule has 1 aliphatic rings. The summed E-state index contributed by atoms with van der Waals surface area (Å²) in [6.07, 6.45) is 0.715. The van der Waals surface area contributed by atoms with Gasteiger partial charge in [-0.1, -0.05) is 12.1 Å². The monoisotopic (exact) mass is 358 g/mol. The number of hydrogen-bond donors (Lipinski definition) is 2. The van der Waals surface area contributed by atoms with E-state index in [9.17, 15) is 22.7 Å². The molecule has 0 aliphatic heterocycles. The lowest BCUT2D eigenvalue weighted by Gasteiger charge is -2.44. The second-order valence-electron chi connectivity index (χ2n) is 6.67. The highest BCUT2D eigenvalue weighted by Gasteiger charge is 2.45. The molecule has 1 saturated carbocycles. The molecule has 0 aromatic heterocycles. The van der Waals surface area contributed by atoms with Crippen molar-refractivity contribution in [2.24, 2.45) is 0 Å². The third-order valence-electron chi connectivity index (χ3n) is 4.26. The van der Waals surface area contributed by atoms with Crippen LogP contribution in [-0.4, -0.2) is 55.3 Å². The predicted molar refractivity (Wildman–Crippen MR) is 88.3 cm³/mol. The number of rotatable bonds is 6. The van der Waals surface area contributed by atoms with Crippen molar-refractivity contribution in [3.8, 4) is 0 Å². The lowest BCUT2D eigenvalue weighted by molar-refractivity contribution is -0.127. The van der Waals surface area contributed by atoms with Crippen molar-refractivity contribution in [1.29, 1.82) is 0 Å². The number of carbonyl (C=O) groups excluding carboxylic acids is 1. The summed E-state index contributed by atoms with van der Waals surface area (Å²) in [6, 6.07) is 5.55. The third kappa shape index (κ3) is 4.31. The zero-order valence-corrected chi connectivity index (χ0v) is 14.8. The Balaban J connectivity index is 1.93. The number of aliphatic hydroxyl groups is 1. The van der Waals surface area contributed by atoms with Gasteiger partial charge in [-0.2, -0.15) is 0 Å². The van der Waals surface area contributed by atoms with Gasteiger partial charge >= 0.3 is 0 Å². The van der Waals surface area contributed by atoms with Gasteiger partial charge in [-0.3, -0.25) is 4.79 Å². The number of carbonyl (C=O) groups is 1. The van der Waals surface area contributed by atoms with Gasteiger partial charge in [0.15, 0.2) is 5.25 Å². The van der Waals surface area contributed by atoms with Crippen LogP contribution in [0, 0.1) is 5.82 Å². The van der Waals surface area contributed by atoms with E-state index in [1.807, 2.05) is 0 Å². The van der Waals surface area contributed by atoms with Crippen LogP contribution in [-0.2, 0) is 21.2 Å². The molecule has 8 heteroatoms. The molecule has 0 saturated heterocycles. The summed E-state index contributed by atoms with van der Waals surface area (Å²) < 4.78 is 40.1. The normalized spacial score (nSPS) is 25.0. The van der Waals surface area contributed by atoms with E-state index < -0.39 is 32.8 Å². The van der Waals surface area contributed by atoms with Gasteiger partial charge in [-0.25, -0.2) is 17.5 Å². The average Bonchev–Trinajstić information content (AvgIpc) is 2.43. The quantitative estimate of drug-likeness (QED) is 0.782. The predicted octanol–water partition coefficient (Wildman–Crippen LogP) is 0.658. The molecule has 2 rings (SSSR count). The van der Waals surface area contributed by atoms with E-state index >= 15 is 0 Å². The molecule has 1 fully saturated rings. The lowest BCUT2D eigenvalue weighted by atomic mass is 9.72. The average molecular weight is 358 g/mol. The molecule has 6 nitrogen and oxygen atoms in total. The fourth-order valence-corrected chi connectivity index (χ4v) is 4.25. The molecule has 1 atom stereocenters. The van der Waals surface area contributed by atoms with Crippen LogP contribution in [0.25, 0.3) is 0 Å². The summed E-state index contributed by atoms with van der Waals surface area (Å²) in [5.41, 5.74) is -0.398. The maximum absolute atomic E-state index is 13.2. The molecular formula is C16H23FN2O4S. The summed E-state index contributed by atoms with van der Waals surface area (Å²) in [6.45, 7) is 1.34. The molecule has 2 N–H and O–H groups in total. The largest absolute Gasteiger partial charge is 0.389 e. The molecule has 24 heavy (non-hydrogen) atoms. The summed E-state index contributed by atoms with van der Waals surface area (Å²) in [7, 11) is -0.816. The first-order chi connectivity index (χ1) is 11.0. The van der Waals surface area contributed by atoms with Crippen LogP contribution in [0.3, 0.4) is 0 Å². The van der Waals surface area contributed by atoms with Crippen LogP contribution < -0.4 is 4.72 Å². The molecule has 0 spiro atoms. The van der Waals surface area contributed by atoms with E-state index in [1.54, 1.807) is 12.1 Å². The summed E-state index contributed by atoms with van der Waals surface area (Å²) >= 11 is 0. The molecule has 0 bridgehead atoms. The van der Waals surface area contributed by atoms with Gasteiger partial charge in [0, 0.05) is 26.6 Å². The molecule has 1 unspecified atom stereocenters. The molecule has 1 amide bonds.